The van der Waals surface area contributed by atoms with Gasteiger partial charge in [-0.3, -0.25) is 10.1 Å². The molecular formula is C11H14FNO3. The molecule has 0 N–H and O–H groups in total. The highest BCUT2D eigenvalue weighted by Crippen LogP contribution is 2.22. The second-order valence-corrected chi connectivity index (χ2v) is 3.93. The van der Waals surface area contributed by atoms with Gasteiger partial charge in [-0.25, -0.2) is 4.39 Å². The fraction of sp³-hybridized carbons (Fsp3) is 0.455. The molecule has 0 fully saturated rings. The molecule has 1 aromatic rings. The minimum absolute atomic E-state index is 0.201. The normalized spacial score (nSPS) is 10.5. The van der Waals surface area contributed by atoms with Gasteiger partial charge in [0, 0.05) is 6.07 Å². The lowest BCUT2D eigenvalue weighted by Gasteiger charge is -2.07. The van der Waals surface area contributed by atoms with E-state index in [4.69, 9.17) is 4.74 Å². The Bertz CT molecular complexity index is 379. The van der Waals surface area contributed by atoms with Gasteiger partial charge in [0.25, 0.3) is 5.69 Å². The van der Waals surface area contributed by atoms with Crippen molar-refractivity contribution in [3.8, 4) is 5.75 Å². The first kappa shape index (κ1) is 12.4. The number of benzene rings is 1. The number of non-ortho nitro benzene ring substituents is 1. The summed E-state index contributed by atoms with van der Waals surface area (Å²) in [6.45, 7) is 4.51. The molecule has 0 heterocycles. The predicted octanol–water partition coefficient (Wildman–Crippen LogP) is 3.16. The van der Waals surface area contributed by atoms with Gasteiger partial charge in [0.05, 0.1) is 23.7 Å². The molecule has 0 unspecified atom stereocenters. The zero-order valence-corrected chi connectivity index (χ0v) is 9.27. The zero-order valence-electron chi connectivity index (χ0n) is 9.27. The first-order valence-corrected chi connectivity index (χ1v) is 5.07. The SMILES string of the molecule is CC(C)CCOc1cc(F)cc([N+](=O)[O-])c1. The maximum Gasteiger partial charge on any atom is 0.276 e. The van der Waals surface area contributed by atoms with E-state index < -0.39 is 10.7 Å². The topological polar surface area (TPSA) is 52.4 Å². The molecule has 0 aliphatic rings. The van der Waals surface area contributed by atoms with Crippen LogP contribution in [0.15, 0.2) is 18.2 Å². The second kappa shape index (κ2) is 5.44. The van der Waals surface area contributed by atoms with Crippen molar-refractivity contribution in [2.75, 3.05) is 6.61 Å². The van der Waals surface area contributed by atoms with Crippen LogP contribution in [0.2, 0.25) is 0 Å². The molecule has 0 aliphatic carbocycles. The Labute approximate surface area is 93.2 Å². The van der Waals surface area contributed by atoms with Crippen LogP contribution in [-0.2, 0) is 0 Å². The maximum absolute atomic E-state index is 13.0. The third-order valence-corrected chi connectivity index (χ3v) is 2.03. The van der Waals surface area contributed by atoms with Crippen LogP contribution in [0.5, 0.6) is 5.75 Å². The number of nitro groups is 1. The molecule has 0 aromatic heterocycles. The molecule has 0 amide bonds. The summed E-state index contributed by atoms with van der Waals surface area (Å²) in [7, 11) is 0. The van der Waals surface area contributed by atoms with E-state index >= 15 is 0 Å². The van der Waals surface area contributed by atoms with Crippen LogP contribution in [-0.4, -0.2) is 11.5 Å². The van der Waals surface area contributed by atoms with Crippen LogP contribution in [0.1, 0.15) is 20.3 Å². The lowest BCUT2D eigenvalue weighted by atomic mass is 10.1. The summed E-state index contributed by atoms with van der Waals surface area (Å²) in [6, 6.07) is 3.24. The molecular weight excluding hydrogens is 213 g/mol. The van der Waals surface area contributed by atoms with Crippen LogP contribution < -0.4 is 4.74 Å². The minimum Gasteiger partial charge on any atom is -0.493 e. The van der Waals surface area contributed by atoms with Crippen molar-refractivity contribution in [1.82, 2.24) is 0 Å². The van der Waals surface area contributed by atoms with Crippen LogP contribution in [0.25, 0.3) is 0 Å². The van der Waals surface area contributed by atoms with Gasteiger partial charge in [-0.05, 0) is 12.3 Å². The Morgan fingerprint density at radius 3 is 2.69 bits per heavy atom. The Kier molecular flexibility index (Phi) is 4.22. The van der Waals surface area contributed by atoms with E-state index in [1.807, 2.05) is 13.8 Å². The van der Waals surface area contributed by atoms with Crippen LogP contribution in [0, 0.1) is 21.8 Å². The lowest BCUT2D eigenvalue weighted by molar-refractivity contribution is -0.385. The average Bonchev–Trinajstić information content (AvgIpc) is 2.16. The zero-order chi connectivity index (χ0) is 12.1. The van der Waals surface area contributed by atoms with E-state index in [0.29, 0.717) is 12.5 Å². The van der Waals surface area contributed by atoms with Gasteiger partial charge in [0.2, 0.25) is 0 Å². The molecule has 0 saturated heterocycles. The molecule has 0 spiro atoms. The van der Waals surface area contributed by atoms with Gasteiger partial charge in [-0.15, -0.1) is 0 Å². The Morgan fingerprint density at radius 1 is 1.44 bits per heavy atom. The summed E-state index contributed by atoms with van der Waals surface area (Å²) in [5, 5.41) is 10.5. The largest absolute Gasteiger partial charge is 0.493 e. The summed E-state index contributed by atoms with van der Waals surface area (Å²) in [6.07, 6.45) is 0.824. The molecule has 0 saturated carbocycles. The smallest absolute Gasteiger partial charge is 0.276 e. The van der Waals surface area contributed by atoms with Crippen molar-refractivity contribution in [2.24, 2.45) is 5.92 Å². The fourth-order valence-corrected chi connectivity index (χ4v) is 1.15. The second-order valence-electron chi connectivity index (χ2n) is 3.93. The number of nitro benzene ring substituents is 1. The molecule has 88 valence electrons. The van der Waals surface area contributed by atoms with Crippen molar-refractivity contribution in [3.63, 3.8) is 0 Å². The first-order chi connectivity index (χ1) is 7.49. The van der Waals surface area contributed by atoms with Gasteiger partial charge < -0.3 is 4.74 Å². The third kappa shape index (κ3) is 3.84. The van der Waals surface area contributed by atoms with E-state index in [0.717, 1.165) is 18.6 Å². The fourth-order valence-electron chi connectivity index (χ4n) is 1.15. The van der Waals surface area contributed by atoms with Crippen molar-refractivity contribution in [3.05, 3.63) is 34.1 Å². The first-order valence-electron chi connectivity index (χ1n) is 5.07. The number of hydrogen-bond donors (Lipinski definition) is 0. The summed E-state index contributed by atoms with van der Waals surface area (Å²) < 4.78 is 18.2. The summed E-state index contributed by atoms with van der Waals surface area (Å²) in [4.78, 5) is 9.83. The van der Waals surface area contributed by atoms with Crippen molar-refractivity contribution in [2.45, 2.75) is 20.3 Å². The Balaban J connectivity index is 2.69. The van der Waals surface area contributed by atoms with Crippen molar-refractivity contribution < 1.29 is 14.1 Å². The molecule has 1 rings (SSSR count). The number of halogens is 1. The maximum atomic E-state index is 13.0. The molecule has 0 atom stereocenters. The average molecular weight is 227 g/mol. The molecule has 16 heavy (non-hydrogen) atoms. The standard InChI is InChI=1S/C11H14FNO3/c1-8(2)3-4-16-11-6-9(12)5-10(7-11)13(14)15/h5-8H,3-4H2,1-2H3. The van der Waals surface area contributed by atoms with E-state index in [1.165, 1.54) is 6.07 Å². The minimum atomic E-state index is -0.659. The third-order valence-electron chi connectivity index (χ3n) is 2.03. The molecule has 4 nitrogen and oxygen atoms in total. The summed E-state index contributed by atoms with van der Waals surface area (Å²) in [5.74, 6) is 0.0182. The van der Waals surface area contributed by atoms with Gasteiger partial charge in [-0.1, -0.05) is 13.8 Å². The number of hydrogen-bond acceptors (Lipinski definition) is 3. The molecule has 1 aromatic carbocycles. The summed E-state index contributed by atoms with van der Waals surface area (Å²) in [5.41, 5.74) is -0.292. The Hall–Kier alpha value is -1.65. The van der Waals surface area contributed by atoms with E-state index in [-0.39, 0.29) is 11.4 Å². The van der Waals surface area contributed by atoms with Crippen LogP contribution in [0.4, 0.5) is 10.1 Å². The van der Waals surface area contributed by atoms with E-state index in [9.17, 15) is 14.5 Å². The predicted molar refractivity (Wildman–Crippen MR) is 58.0 cm³/mol. The van der Waals surface area contributed by atoms with E-state index in [1.54, 1.807) is 0 Å². The monoisotopic (exact) mass is 227 g/mol. The number of nitrogens with zero attached hydrogens (tertiary/aromatic N) is 1. The number of rotatable bonds is 5. The number of ether oxygens (including phenoxy) is 1. The Morgan fingerprint density at radius 2 is 2.12 bits per heavy atom. The summed E-state index contributed by atoms with van der Waals surface area (Å²) >= 11 is 0. The van der Waals surface area contributed by atoms with Crippen molar-refractivity contribution in [1.29, 1.82) is 0 Å². The lowest BCUT2D eigenvalue weighted by Crippen LogP contribution is -2.02. The van der Waals surface area contributed by atoms with Gasteiger partial charge in [0.15, 0.2) is 0 Å². The molecule has 0 bridgehead atoms. The van der Waals surface area contributed by atoms with Crippen molar-refractivity contribution >= 4 is 5.69 Å². The highest BCUT2D eigenvalue weighted by Gasteiger charge is 2.10. The van der Waals surface area contributed by atoms with E-state index in [2.05, 4.69) is 0 Å². The van der Waals surface area contributed by atoms with Crippen LogP contribution in [0.3, 0.4) is 0 Å². The van der Waals surface area contributed by atoms with Gasteiger partial charge >= 0.3 is 0 Å². The molecule has 5 heteroatoms. The quantitative estimate of drug-likeness (QED) is 0.573. The van der Waals surface area contributed by atoms with Gasteiger partial charge in [-0.2, -0.15) is 0 Å². The highest BCUT2D eigenvalue weighted by molar-refractivity contribution is 5.38. The molecule has 0 aliphatic heterocycles. The highest BCUT2D eigenvalue weighted by atomic mass is 19.1. The van der Waals surface area contributed by atoms with Gasteiger partial charge in [0.1, 0.15) is 11.6 Å². The molecule has 0 radical (unpaired) electrons. The van der Waals surface area contributed by atoms with Crippen LogP contribution >= 0.6 is 0 Å².